The number of hydroxylamine groups is 1. The first-order valence-corrected chi connectivity index (χ1v) is 9.06. The van der Waals surface area contributed by atoms with Crippen LogP contribution in [0.1, 0.15) is 5.56 Å². The molecule has 0 bridgehead atoms. The van der Waals surface area contributed by atoms with Gasteiger partial charge in [-0.1, -0.05) is 22.0 Å². The van der Waals surface area contributed by atoms with Crippen LogP contribution in [0.3, 0.4) is 0 Å². The molecule has 142 valence electrons. The van der Waals surface area contributed by atoms with E-state index in [-0.39, 0.29) is 11.4 Å². The van der Waals surface area contributed by atoms with Crippen molar-refractivity contribution in [3.8, 4) is 0 Å². The molecule has 0 radical (unpaired) electrons. The van der Waals surface area contributed by atoms with E-state index in [2.05, 4.69) is 31.2 Å². The number of benzene rings is 2. The van der Waals surface area contributed by atoms with E-state index >= 15 is 0 Å². The molecule has 0 aliphatic carbocycles. The fourth-order valence-electron chi connectivity index (χ4n) is 2.59. The Bertz CT molecular complexity index is 974. The molecule has 0 amide bonds. The van der Waals surface area contributed by atoms with Crippen LogP contribution in [0.2, 0.25) is 0 Å². The second-order valence-electron chi connectivity index (χ2n) is 6.27. The van der Waals surface area contributed by atoms with Gasteiger partial charge >= 0.3 is 0 Å². The molecule has 9 heteroatoms. The SMILES string of the molecule is CN(C)CCNc1nc2c(F)ccc(C(=N)N(O)c3cccc(Br)c3)c2[nH]1. The molecule has 0 unspecified atom stereocenters. The largest absolute Gasteiger partial charge is 0.355 e. The Morgan fingerprint density at radius 3 is 2.81 bits per heavy atom. The second-order valence-corrected chi connectivity index (χ2v) is 7.19. The number of imidazole rings is 1. The molecular formula is C18H20BrFN6O. The van der Waals surface area contributed by atoms with Gasteiger partial charge in [-0.25, -0.2) is 14.4 Å². The molecule has 0 saturated heterocycles. The summed E-state index contributed by atoms with van der Waals surface area (Å²) in [6.07, 6.45) is 0. The summed E-state index contributed by atoms with van der Waals surface area (Å²) < 4.78 is 15.0. The van der Waals surface area contributed by atoms with Gasteiger partial charge < -0.3 is 15.2 Å². The van der Waals surface area contributed by atoms with Gasteiger partial charge in [-0.2, -0.15) is 0 Å². The number of amidine groups is 1. The Kier molecular flexibility index (Phi) is 5.73. The highest BCUT2D eigenvalue weighted by molar-refractivity contribution is 9.10. The number of fused-ring (bicyclic) bond motifs is 1. The smallest absolute Gasteiger partial charge is 0.201 e. The topological polar surface area (TPSA) is 91.3 Å². The molecule has 1 aromatic heterocycles. The Morgan fingerprint density at radius 1 is 1.33 bits per heavy atom. The average molecular weight is 435 g/mol. The van der Waals surface area contributed by atoms with Gasteiger partial charge in [-0.3, -0.25) is 10.6 Å². The third kappa shape index (κ3) is 4.26. The maximum Gasteiger partial charge on any atom is 0.201 e. The van der Waals surface area contributed by atoms with Crippen molar-refractivity contribution in [2.24, 2.45) is 0 Å². The summed E-state index contributed by atoms with van der Waals surface area (Å²) in [5, 5.41) is 22.7. The maximum absolute atomic E-state index is 14.2. The monoisotopic (exact) mass is 434 g/mol. The molecule has 2 aromatic carbocycles. The number of halogens is 2. The van der Waals surface area contributed by atoms with Crippen LogP contribution < -0.4 is 10.4 Å². The predicted octanol–water partition coefficient (Wildman–Crippen LogP) is 3.66. The number of H-pyrrole nitrogens is 1. The van der Waals surface area contributed by atoms with E-state index < -0.39 is 5.82 Å². The highest BCUT2D eigenvalue weighted by atomic mass is 79.9. The molecule has 0 aliphatic rings. The van der Waals surface area contributed by atoms with Crippen LogP contribution in [0.4, 0.5) is 16.0 Å². The van der Waals surface area contributed by atoms with Crippen molar-refractivity contribution in [1.82, 2.24) is 14.9 Å². The lowest BCUT2D eigenvalue weighted by Crippen LogP contribution is -2.27. The van der Waals surface area contributed by atoms with E-state index in [9.17, 15) is 9.60 Å². The number of rotatable bonds is 6. The molecular weight excluding hydrogens is 415 g/mol. The van der Waals surface area contributed by atoms with Gasteiger partial charge in [0.1, 0.15) is 5.52 Å². The Balaban J connectivity index is 1.92. The average Bonchev–Trinajstić information content (AvgIpc) is 3.05. The van der Waals surface area contributed by atoms with E-state index in [4.69, 9.17) is 5.41 Å². The zero-order valence-corrected chi connectivity index (χ0v) is 16.5. The number of hydrogen-bond donors (Lipinski definition) is 4. The lowest BCUT2D eigenvalue weighted by molar-refractivity contribution is 0.312. The zero-order valence-electron chi connectivity index (χ0n) is 14.9. The number of anilines is 2. The first kappa shape index (κ1) is 19.3. The van der Waals surface area contributed by atoms with Crippen LogP contribution in [0.25, 0.3) is 11.0 Å². The zero-order chi connectivity index (χ0) is 19.6. The first-order valence-electron chi connectivity index (χ1n) is 8.27. The summed E-state index contributed by atoms with van der Waals surface area (Å²) in [7, 11) is 3.91. The summed E-state index contributed by atoms with van der Waals surface area (Å²) in [5.41, 5.74) is 1.21. The van der Waals surface area contributed by atoms with E-state index in [1.807, 2.05) is 25.1 Å². The van der Waals surface area contributed by atoms with Crippen molar-refractivity contribution < 1.29 is 9.60 Å². The van der Waals surface area contributed by atoms with Gasteiger partial charge in [0, 0.05) is 23.1 Å². The summed E-state index contributed by atoms with van der Waals surface area (Å²) in [5.74, 6) is -0.273. The van der Waals surface area contributed by atoms with Crippen LogP contribution in [-0.4, -0.2) is 53.1 Å². The van der Waals surface area contributed by atoms with Gasteiger partial charge in [-0.15, -0.1) is 0 Å². The van der Waals surface area contributed by atoms with Crippen molar-refractivity contribution in [3.63, 3.8) is 0 Å². The Hall–Kier alpha value is -2.49. The summed E-state index contributed by atoms with van der Waals surface area (Å²) >= 11 is 3.34. The van der Waals surface area contributed by atoms with Gasteiger partial charge in [-0.05, 0) is 44.4 Å². The van der Waals surface area contributed by atoms with Crippen molar-refractivity contribution >= 4 is 44.4 Å². The third-order valence-corrected chi connectivity index (χ3v) is 4.46. The Labute approximate surface area is 164 Å². The fourth-order valence-corrected chi connectivity index (χ4v) is 2.98. The maximum atomic E-state index is 14.2. The van der Waals surface area contributed by atoms with Crippen molar-refractivity contribution in [1.29, 1.82) is 5.41 Å². The fraction of sp³-hybridized carbons (Fsp3) is 0.222. The quantitative estimate of drug-likeness (QED) is 0.270. The van der Waals surface area contributed by atoms with Gasteiger partial charge in [0.05, 0.1) is 11.2 Å². The van der Waals surface area contributed by atoms with E-state index in [0.717, 1.165) is 16.1 Å². The molecule has 0 spiro atoms. The molecule has 3 aromatic rings. The minimum Gasteiger partial charge on any atom is -0.355 e. The molecule has 3 rings (SSSR count). The van der Waals surface area contributed by atoms with Gasteiger partial charge in [0.15, 0.2) is 11.7 Å². The molecule has 7 nitrogen and oxygen atoms in total. The second kappa shape index (κ2) is 8.03. The van der Waals surface area contributed by atoms with Crippen LogP contribution in [0, 0.1) is 11.2 Å². The Morgan fingerprint density at radius 2 is 2.11 bits per heavy atom. The molecule has 0 atom stereocenters. The van der Waals surface area contributed by atoms with Crippen LogP contribution in [-0.2, 0) is 0 Å². The molecule has 0 fully saturated rings. The van der Waals surface area contributed by atoms with Crippen molar-refractivity contribution in [2.45, 2.75) is 0 Å². The van der Waals surface area contributed by atoms with Crippen molar-refractivity contribution in [2.75, 3.05) is 37.6 Å². The normalized spacial score (nSPS) is 11.2. The minimum atomic E-state index is -0.495. The highest BCUT2D eigenvalue weighted by Crippen LogP contribution is 2.25. The summed E-state index contributed by atoms with van der Waals surface area (Å²) in [6, 6.07) is 9.60. The van der Waals surface area contributed by atoms with Crippen LogP contribution >= 0.6 is 15.9 Å². The predicted molar refractivity (Wildman–Crippen MR) is 108 cm³/mol. The number of aromatic nitrogens is 2. The van der Waals surface area contributed by atoms with Crippen LogP contribution in [0.5, 0.6) is 0 Å². The lowest BCUT2D eigenvalue weighted by Gasteiger charge is -2.18. The summed E-state index contributed by atoms with van der Waals surface area (Å²) in [4.78, 5) is 9.26. The molecule has 0 saturated carbocycles. The number of hydrogen-bond acceptors (Lipinski definition) is 5. The lowest BCUT2D eigenvalue weighted by atomic mass is 10.1. The number of nitrogens with one attached hydrogen (secondary N) is 3. The van der Waals surface area contributed by atoms with E-state index in [1.54, 1.807) is 18.2 Å². The molecule has 0 aliphatic heterocycles. The van der Waals surface area contributed by atoms with E-state index in [1.165, 1.54) is 12.1 Å². The molecule has 1 heterocycles. The minimum absolute atomic E-state index is 0.118. The summed E-state index contributed by atoms with van der Waals surface area (Å²) in [6.45, 7) is 1.42. The van der Waals surface area contributed by atoms with Gasteiger partial charge in [0.25, 0.3) is 0 Å². The van der Waals surface area contributed by atoms with Gasteiger partial charge in [0.2, 0.25) is 5.95 Å². The molecule has 27 heavy (non-hydrogen) atoms. The molecule has 4 N–H and O–H groups in total. The third-order valence-electron chi connectivity index (χ3n) is 3.97. The number of likely N-dealkylation sites (N-methyl/N-ethyl adjacent to an activating group) is 1. The van der Waals surface area contributed by atoms with E-state index in [0.29, 0.717) is 29.3 Å². The highest BCUT2D eigenvalue weighted by Gasteiger charge is 2.19. The number of aromatic amines is 1. The van der Waals surface area contributed by atoms with Crippen LogP contribution in [0.15, 0.2) is 40.9 Å². The first-order chi connectivity index (χ1) is 12.9. The standard InChI is InChI=1S/C18H20BrFN6O/c1-25(2)9-8-22-18-23-15-13(6-7-14(20)16(15)24-18)17(21)26(27)12-5-3-4-11(19)10-12/h3-7,10,21,27H,8-9H2,1-2H3,(H2,22,23,24). The number of nitrogens with zero attached hydrogens (tertiary/aromatic N) is 3. The van der Waals surface area contributed by atoms with Crippen molar-refractivity contribution in [3.05, 3.63) is 52.3 Å².